The van der Waals surface area contributed by atoms with Crippen LogP contribution in [0.3, 0.4) is 0 Å². The largest absolute Gasteiger partial charge is 0.473 e. The van der Waals surface area contributed by atoms with E-state index < -0.39 is 0 Å². The van der Waals surface area contributed by atoms with Crippen LogP contribution in [0.1, 0.15) is 17.0 Å². The second kappa shape index (κ2) is 6.62. The number of nitrogens with zero attached hydrogens (tertiary/aromatic N) is 2. The number of fused-ring (bicyclic) bond motifs is 1. The van der Waals surface area contributed by atoms with Crippen LogP contribution in [-0.2, 0) is 6.54 Å². The van der Waals surface area contributed by atoms with Gasteiger partial charge in [-0.15, -0.1) is 0 Å². The second-order valence-electron chi connectivity index (χ2n) is 5.39. The average Bonchev–Trinajstić information content (AvgIpc) is 2.93. The number of aromatic nitrogens is 3. The van der Waals surface area contributed by atoms with Gasteiger partial charge in [0.15, 0.2) is 5.43 Å². The van der Waals surface area contributed by atoms with Crippen LogP contribution in [0.15, 0.2) is 33.7 Å². The first-order chi connectivity index (χ1) is 11.1. The molecule has 7 heteroatoms. The van der Waals surface area contributed by atoms with E-state index in [2.05, 4.69) is 25.2 Å². The fourth-order valence-corrected chi connectivity index (χ4v) is 2.31. The zero-order valence-corrected chi connectivity index (χ0v) is 13.0. The number of H-pyrrole nitrogens is 1. The Balaban J connectivity index is 1.56. The Morgan fingerprint density at radius 2 is 2.13 bits per heavy atom. The fourth-order valence-electron chi connectivity index (χ4n) is 2.31. The third-order valence-electron chi connectivity index (χ3n) is 3.49. The SMILES string of the molecule is Cc1ccc2[nH]c(CNCCOc3nonc3C)cc(=O)c2c1. The number of hydrogen-bond acceptors (Lipinski definition) is 6. The van der Waals surface area contributed by atoms with Crippen molar-refractivity contribution in [2.45, 2.75) is 20.4 Å². The van der Waals surface area contributed by atoms with E-state index in [1.165, 1.54) is 0 Å². The summed E-state index contributed by atoms with van der Waals surface area (Å²) in [4.78, 5) is 15.4. The molecule has 0 aliphatic rings. The van der Waals surface area contributed by atoms with E-state index in [0.717, 1.165) is 16.8 Å². The molecule has 0 bridgehead atoms. The van der Waals surface area contributed by atoms with Gasteiger partial charge >= 0.3 is 0 Å². The number of aromatic amines is 1. The standard InChI is InChI=1S/C16H18N4O3/c1-10-3-4-14-13(7-10)15(21)8-12(18-14)9-17-5-6-22-16-11(2)19-23-20-16/h3-4,7-8,17H,5-6,9H2,1-2H3,(H,18,21). The molecule has 0 saturated heterocycles. The minimum Gasteiger partial charge on any atom is -0.473 e. The van der Waals surface area contributed by atoms with Gasteiger partial charge in [0, 0.05) is 35.8 Å². The predicted molar refractivity (Wildman–Crippen MR) is 85.5 cm³/mol. The van der Waals surface area contributed by atoms with Crippen molar-refractivity contribution in [3.05, 3.63) is 51.4 Å². The molecular formula is C16H18N4O3. The van der Waals surface area contributed by atoms with Crippen molar-refractivity contribution in [3.8, 4) is 5.88 Å². The summed E-state index contributed by atoms with van der Waals surface area (Å²) in [6.07, 6.45) is 0. The highest BCUT2D eigenvalue weighted by atomic mass is 16.6. The van der Waals surface area contributed by atoms with Crippen LogP contribution in [0.5, 0.6) is 5.88 Å². The van der Waals surface area contributed by atoms with Crippen molar-refractivity contribution in [3.63, 3.8) is 0 Å². The Bertz CT molecular complexity index is 869. The Morgan fingerprint density at radius 3 is 2.91 bits per heavy atom. The summed E-state index contributed by atoms with van der Waals surface area (Å²) in [6.45, 7) is 5.34. The number of nitrogens with one attached hydrogen (secondary N) is 2. The Morgan fingerprint density at radius 1 is 1.26 bits per heavy atom. The van der Waals surface area contributed by atoms with E-state index in [-0.39, 0.29) is 5.43 Å². The molecule has 2 N–H and O–H groups in total. The minimum atomic E-state index is 0.0276. The molecule has 0 amide bonds. The van der Waals surface area contributed by atoms with Gasteiger partial charge in [-0.2, -0.15) is 0 Å². The third kappa shape index (κ3) is 3.57. The van der Waals surface area contributed by atoms with Gasteiger partial charge in [-0.1, -0.05) is 16.8 Å². The highest BCUT2D eigenvalue weighted by Crippen LogP contribution is 2.11. The molecule has 1 aromatic carbocycles. The number of hydrogen-bond donors (Lipinski definition) is 2. The lowest BCUT2D eigenvalue weighted by Crippen LogP contribution is -2.22. The highest BCUT2D eigenvalue weighted by Gasteiger charge is 2.05. The lowest BCUT2D eigenvalue weighted by atomic mass is 10.1. The van der Waals surface area contributed by atoms with Gasteiger partial charge in [0.1, 0.15) is 12.3 Å². The van der Waals surface area contributed by atoms with E-state index in [0.29, 0.717) is 36.7 Å². The molecule has 3 rings (SSSR count). The first-order valence-corrected chi connectivity index (χ1v) is 7.39. The summed E-state index contributed by atoms with van der Waals surface area (Å²) in [7, 11) is 0. The number of rotatable bonds is 6. The Labute approximate surface area is 132 Å². The van der Waals surface area contributed by atoms with Crippen molar-refractivity contribution < 1.29 is 9.37 Å². The topological polar surface area (TPSA) is 93.0 Å². The van der Waals surface area contributed by atoms with Gasteiger partial charge < -0.3 is 15.0 Å². The number of pyridine rings is 1. The van der Waals surface area contributed by atoms with Gasteiger partial charge in [-0.3, -0.25) is 4.79 Å². The lowest BCUT2D eigenvalue weighted by molar-refractivity contribution is 0.254. The maximum atomic E-state index is 12.1. The zero-order chi connectivity index (χ0) is 16.2. The smallest absolute Gasteiger partial charge is 0.278 e. The molecule has 2 heterocycles. The van der Waals surface area contributed by atoms with Gasteiger partial charge in [0.25, 0.3) is 5.88 Å². The van der Waals surface area contributed by atoms with Gasteiger partial charge in [-0.25, -0.2) is 4.63 Å². The molecule has 3 aromatic rings. The monoisotopic (exact) mass is 314 g/mol. The van der Waals surface area contributed by atoms with Gasteiger partial charge in [0.05, 0.1) is 0 Å². The van der Waals surface area contributed by atoms with Crippen LogP contribution >= 0.6 is 0 Å². The average molecular weight is 314 g/mol. The predicted octanol–water partition coefficient (Wildman–Crippen LogP) is 1.70. The summed E-state index contributed by atoms with van der Waals surface area (Å²) < 4.78 is 9.97. The van der Waals surface area contributed by atoms with Crippen LogP contribution in [0.25, 0.3) is 10.9 Å². The van der Waals surface area contributed by atoms with Crippen LogP contribution in [0.2, 0.25) is 0 Å². The van der Waals surface area contributed by atoms with E-state index >= 15 is 0 Å². The van der Waals surface area contributed by atoms with Gasteiger partial charge in [-0.05, 0) is 31.1 Å². The fraction of sp³-hybridized carbons (Fsp3) is 0.312. The summed E-state index contributed by atoms with van der Waals surface area (Å²) in [5.41, 5.74) is 3.41. The van der Waals surface area contributed by atoms with Crippen molar-refractivity contribution in [1.82, 2.24) is 20.6 Å². The molecule has 0 aliphatic heterocycles. The number of aryl methyl sites for hydroxylation is 2. The summed E-state index contributed by atoms with van der Waals surface area (Å²) in [5.74, 6) is 0.404. The van der Waals surface area contributed by atoms with Crippen molar-refractivity contribution in [2.75, 3.05) is 13.2 Å². The highest BCUT2D eigenvalue weighted by molar-refractivity contribution is 5.79. The number of ether oxygens (including phenoxy) is 1. The van der Waals surface area contributed by atoms with E-state index in [1.54, 1.807) is 13.0 Å². The van der Waals surface area contributed by atoms with E-state index in [4.69, 9.17) is 4.74 Å². The number of benzene rings is 1. The van der Waals surface area contributed by atoms with Crippen molar-refractivity contribution >= 4 is 10.9 Å². The molecular weight excluding hydrogens is 296 g/mol. The molecule has 0 fully saturated rings. The van der Waals surface area contributed by atoms with E-state index in [9.17, 15) is 4.79 Å². The molecule has 0 atom stereocenters. The Kier molecular flexibility index (Phi) is 4.38. The van der Waals surface area contributed by atoms with Crippen LogP contribution in [0, 0.1) is 13.8 Å². The summed E-state index contributed by atoms with van der Waals surface area (Å²) >= 11 is 0. The molecule has 7 nitrogen and oxygen atoms in total. The Hall–Kier alpha value is -2.67. The molecule has 0 unspecified atom stereocenters. The van der Waals surface area contributed by atoms with Crippen molar-refractivity contribution in [2.24, 2.45) is 0 Å². The van der Waals surface area contributed by atoms with Crippen molar-refractivity contribution in [1.29, 1.82) is 0 Å². The minimum absolute atomic E-state index is 0.0276. The summed E-state index contributed by atoms with van der Waals surface area (Å²) in [6, 6.07) is 7.44. The molecule has 23 heavy (non-hydrogen) atoms. The maximum Gasteiger partial charge on any atom is 0.278 e. The summed E-state index contributed by atoms with van der Waals surface area (Å²) in [5, 5.41) is 11.2. The zero-order valence-electron chi connectivity index (χ0n) is 13.0. The molecule has 0 spiro atoms. The quantitative estimate of drug-likeness (QED) is 0.673. The molecule has 2 aromatic heterocycles. The van der Waals surface area contributed by atoms with Crippen LogP contribution < -0.4 is 15.5 Å². The van der Waals surface area contributed by atoms with Crippen LogP contribution in [0.4, 0.5) is 0 Å². The van der Waals surface area contributed by atoms with Crippen LogP contribution in [-0.4, -0.2) is 28.4 Å². The van der Waals surface area contributed by atoms with E-state index in [1.807, 2.05) is 25.1 Å². The first kappa shape index (κ1) is 15.2. The molecule has 120 valence electrons. The molecule has 0 aliphatic carbocycles. The normalized spacial score (nSPS) is 11.0. The first-order valence-electron chi connectivity index (χ1n) is 7.39. The van der Waals surface area contributed by atoms with Gasteiger partial charge in [0.2, 0.25) is 0 Å². The molecule has 0 saturated carbocycles. The second-order valence-corrected chi connectivity index (χ2v) is 5.39. The third-order valence-corrected chi connectivity index (χ3v) is 3.49. The maximum absolute atomic E-state index is 12.1. The lowest BCUT2D eigenvalue weighted by Gasteiger charge is -2.07. The molecule has 0 radical (unpaired) electrons.